The van der Waals surface area contributed by atoms with Crippen LogP contribution in [0.15, 0.2) is 70.7 Å². The van der Waals surface area contributed by atoms with Gasteiger partial charge in [0.1, 0.15) is 24.0 Å². The maximum absolute atomic E-state index is 12.5. The summed E-state index contributed by atoms with van der Waals surface area (Å²) in [6.45, 7) is 4.30. The van der Waals surface area contributed by atoms with Gasteiger partial charge in [0.25, 0.3) is 5.91 Å². The monoisotopic (exact) mass is 494 g/mol. The first kappa shape index (κ1) is 22.6. The van der Waals surface area contributed by atoms with Gasteiger partial charge in [0.2, 0.25) is 0 Å². The van der Waals surface area contributed by atoms with Gasteiger partial charge in [-0.05, 0) is 84.6 Å². The summed E-state index contributed by atoms with van der Waals surface area (Å²) in [4.78, 5) is 12.5. The van der Waals surface area contributed by atoms with Gasteiger partial charge in [0.15, 0.2) is 0 Å². The smallest absolute Gasteiger partial charge is 0.266 e. The zero-order chi connectivity index (χ0) is 22.4. The molecule has 156 valence electrons. The van der Waals surface area contributed by atoms with Crippen LogP contribution in [0.25, 0.3) is 6.08 Å². The molecule has 0 heterocycles. The largest absolute Gasteiger partial charge is 0.488 e. The van der Waals surface area contributed by atoms with E-state index in [1.54, 1.807) is 18.2 Å². The van der Waals surface area contributed by atoms with E-state index in [2.05, 4.69) is 21.2 Å². The first-order valence-corrected chi connectivity index (χ1v) is 10.7. The van der Waals surface area contributed by atoms with Gasteiger partial charge in [-0.3, -0.25) is 4.79 Å². The van der Waals surface area contributed by atoms with Gasteiger partial charge in [-0.2, -0.15) is 5.26 Å². The number of hydrogen-bond donors (Lipinski definition) is 1. The molecule has 0 saturated carbocycles. The van der Waals surface area contributed by atoms with E-state index in [-0.39, 0.29) is 5.57 Å². The standard InChI is InChI=1S/C25H20BrClN2O2/c1-16-10-19(11-17(2)24(16)31-15-18-6-8-22(27)9-7-18)12-20(14-28)25(30)29-23-5-3-4-21(26)13-23/h3-13H,15H2,1-2H3,(H,29,30)/b20-12+. The number of anilines is 1. The predicted molar refractivity (Wildman–Crippen MR) is 128 cm³/mol. The normalized spacial score (nSPS) is 11.0. The Morgan fingerprint density at radius 2 is 1.81 bits per heavy atom. The summed E-state index contributed by atoms with van der Waals surface area (Å²) in [6, 6.07) is 20.5. The SMILES string of the molecule is Cc1cc(/C=C(\C#N)C(=O)Nc2cccc(Br)c2)cc(C)c1OCc1ccc(Cl)cc1. The Morgan fingerprint density at radius 1 is 1.13 bits per heavy atom. The number of amides is 1. The number of nitrogens with zero attached hydrogens (tertiary/aromatic N) is 1. The first-order valence-electron chi connectivity index (χ1n) is 9.53. The Morgan fingerprint density at radius 3 is 2.42 bits per heavy atom. The van der Waals surface area contributed by atoms with Gasteiger partial charge < -0.3 is 10.1 Å². The van der Waals surface area contributed by atoms with Crippen LogP contribution in [0.3, 0.4) is 0 Å². The van der Waals surface area contributed by atoms with Crippen LogP contribution in [-0.2, 0) is 11.4 Å². The van der Waals surface area contributed by atoms with E-state index in [4.69, 9.17) is 16.3 Å². The van der Waals surface area contributed by atoms with Gasteiger partial charge >= 0.3 is 0 Å². The number of aryl methyl sites for hydroxylation is 2. The predicted octanol–water partition coefficient (Wildman–Crippen LogP) is 6.84. The molecule has 0 spiro atoms. The number of nitriles is 1. The lowest BCUT2D eigenvalue weighted by atomic mass is 10.0. The van der Waals surface area contributed by atoms with Gasteiger partial charge in [0, 0.05) is 15.2 Å². The molecule has 0 bridgehead atoms. The lowest BCUT2D eigenvalue weighted by Crippen LogP contribution is -2.13. The van der Waals surface area contributed by atoms with Crippen molar-refractivity contribution in [1.29, 1.82) is 5.26 Å². The van der Waals surface area contributed by atoms with Crippen LogP contribution in [0, 0.1) is 25.2 Å². The van der Waals surface area contributed by atoms with Gasteiger partial charge in [-0.1, -0.05) is 45.7 Å². The maximum atomic E-state index is 12.5. The number of ether oxygens (including phenoxy) is 1. The second kappa shape index (κ2) is 10.3. The van der Waals surface area contributed by atoms with Crippen LogP contribution < -0.4 is 10.1 Å². The van der Waals surface area contributed by atoms with Crippen molar-refractivity contribution in [3.8, 4) is 11.8 Å². The van der Waals surface area contributed by atoms with Crippen molar-refractivity contribution in [2.75, 3.05) is 5.32 Å². The maximum Gasteiger partial charge on any atom is 0.266 e. The fourth-order valence-electron chi connectivity index (χ4n) is 3.11. The molecular formula is C25H20BrClN2O2. The second-order valence-corrected chi connectivity index (χ2v) is 8.39. The van der Waals surface area contributed by atoms with E-state index in [1.807, 2.05) is 68.4 Å². The summed E-state index contributed by atoms with van der Waals surface area (Å²) in [5, 5.41) is 12.9. The molecule has 0 aromatic heterocycles. The minimum Gasteiger partial charge on any atom is -0.488 e. The van der Waals surface area contributed by atoms with Crippen molar-refractivity contribution < 1.29 is 9.53 Å². The molecular weight excluding hydrogens is 476 g/mol. The average molecular weight is 496 g/mol. The molecule has 0 aliphatic rings. The Hall–Kier alpha value is -3.07. The van der Waals surface area contributed by atoms with Crippen LogP contribution in [0.2, 0.25) is 5.02 Å². The highest BCUT2D eigenvalue weighted by molar-refractivity contribution is 9.10. The lowest BCUT2D eigenvalue weighted by molar-refractivity contribution is -0.112. The van der Waals surface area contributed by atoms with E-state index in [0.717, 1.165) is 32.5 Å². The minimum atomic E-state index is -0.459. The van der Waals surface area contributed by atoms with Crippen LogP contribution in [0.4, 0.5) is 5.69 Å². The van der Waals surface area contributed by atoms with Crippen molar-refractivity contribution in [3.63, 3.8) is 0 Å². The molecule has 0 fully saturated rings. The van der Waals surface area contributed by atoms with Crippen LogP contribution in [-0.4, -0.2) is 5.91 Å². The molecule has 0 radical (unpaired) electrons. The zero-order valence-corrected chi connectivity index (χ0v) is 19.4. The molecule has 3 aromatic rings. The highest BCUT2D eigenvalue weighted by Crippen LogP contribution is 2.27. The van der Waals surface area contributed by atoms with E-state index in [1.165, 1.54) is 0 Å². The highest BCUT2D eigenvalue weighted by atomic mass is 79.9. The average Bonchev–Trinajstić information content (AvgIpc) is 2.72. The number of carbonyl (C=O) groups excluding carboxylic acids is 1. The molecule has 1 N–H and O–H groups in total. The third kappa shape index (κ3) is 6.21. The number of carbonyl (C=O) groups is 1. The minimum absolute atomic E-state index is 0.0219. The molecule has 0 aliphatic heterocycles. The molecule has 3 aromatic carbocycles. The first-order chi connectivity index (χ1) is 14.9. The fraction of sp³-hybridized carbons (Fsp3) is 0.120. The molecule has 6 heteroatoms. The molecule has 1 amide bonds. The molecule has 0 aliphatic carbocycles. The van der Waals surface area contributed by atoms with Crippen molar-refractivity contribution in [2.45, 2.75) is 20.5 Å². The number of benzene rings is 3. The Bertz CT molecular complexity index is 1160. The molecule has 0 atom stereocenters. The summed E-state index contributed by atoms with van der Waals surface area (Å²) in [6.07, 6.45) is 1.58. The van der Waals surface area contributed by atoms with E-state index >= 15 is 0 Å². The summed E-state index contributed by atoms with van der Waals surface area (Å²) >= 11 is 9.29. The van der Waals surface area contributed by atoms with Crippen LogP contribution >= 0.6 is 27.5 Å². The third-order valence-corrected chi connectivity index (χ3v) is 5.28. The zero-order valence-electron chi connectivity index (χ0n) is 17.1. The van der Waals surface area contributed by atoms with E-state index < -0.39 is 5.91 Å². The summed E-state index contributed by atoms with van der Waals surface area (Å²) in [5.41, 5.74) is 4.25. The van der Waals surface area contributed by atoms with Crippen LogP contribution in [0.1, 0.15) is 22.3 Å². The topological polar surface area (TPSA) is 62.1 Å². The van der Waals surface area contributed by atoms with Crippen molar-refractivity contribution in [2.24, 2.45) is 0 Å². The molecule has 4 nitrogen and oxygen atoms in total. The number of halogens is 2. The Balaban J connectivity index is 1.76. The Kier molecular flexibility index (Phi) is 7.51. The fourth-order valence-corrected chi connectivity index (χ4v) is 3.64. The second-order valence-electron chi connectivity index (χ2n) is 7.03. The third-order valence-electron chi connectivity index (χ3n) is 4.54. The highest BCUT2D eigenvalue weighted by Gasteiger charge is 2.12. The molecule has 3 rings (SSSR count). The molecule has 0 unspecified atom stereocenters. The Labute approximate surface area is 195 Å². The summed E-state index contributed by atoms with van der Waals surface area (Å²) < 4.78 is 6.85. The summed E-state index contributed by atoms with van der Waals surface area (Å²) in [7, 11) is 0. The molecule has 0 saturated heterocycles. The van der Waals surface area contributed by atoms with E-state index in [0.29, 0.717) is 17.3 Å². The van der Waals surface area contributed by atoms with Gasteiger partial charge in [-0.25, -0.2) is 0 Å². The van der Waals surface area contributed by atoms with Gasteiger partial charge in [-0.15, -0.1) is 0 Å². The van der Waals surface area contributed by atoms with Gasteiger partial charge in [0.05, 0.1) is 0 Å². The number of hydrogen-bond acceptors (Lipinski definition) is 3. The van der Waals surface area contributed by atoms with Crippen molar-refractivity contribution >= 4 is 45.2 Å². The molecule has 31 heavy (non-hydrogen) atoms. The van der Waals surface area contributed by atoms with Crippen molar-refractivity contribution in [1.82, 2.24) is 0 Å². The summed E-state index contributed by atoms with van der Waals surface area (Å²) in [5.74, 6) is 0.322. The number of rotatable bonds is 6. The quantitative estimate of drug-likeness (QED) is 0.301. The van der Waals surface area contributed by atoms with Crippen LogP contribution in [0.5, 0.6) is 5.75 Å². The lowest BCUT2D eigenvalue weighted by Gasteiger charge is -2.13. The number of nitrogens with one attached hydrogen (secondary N) is 1. The van der Waals surface area contributed by atoms with E-state index in [9.17, 15) is 10.1 Å². The van der Waals surface area contributed by atoms with Crippen molar-refractivity contribution in [3.05, 3.63) is 98.0 Å².